The molecule has 0 aromatic carbocycles. The number of aryl methyl sites for hydroxylation is 1. The van der Waals surface area contributed by atoms with Crippen LogP contribution in [-0.2, 0) is 17.8 Å². The summed E-state index contributed by atoms with van der Waals surface area (Å²) in [6.45, 7) is 4.61. The lowest BCUT2D eigenvalue weighted by Gasteiger charge is -2.10. The number of carboxylic acids is 1. The monoisotopic (exact) mass is 297 g/mol. The third kappa shape index (κ3) is 3.56. The van der Waals surface area contributed by atoms with Crippen LogP contribution in [0.15, 0.2) is 16.1 Å². The highest BCUT2D eigenvalue weighted by atomic mass is 32.2. The number of aliphatic carboxylic acids is 1. The SMILES string of the molecule is CC(C)c1nnc(SCC(=O)O)n1CCc1ncon1. The van der Waals surface area contributed by atoms with Crippen LogP contribution in [0.1, 0.15) is 31.4 Å². The summed E-state index contributed by atoms with van der Waals surface area (Å²) in [5.41, 5.74) is 0. The van der Waals surface area contributed by atoms with Crippen LogP contribution in [0.3, 0.4) is 0 Å². The molecular formula is C11H15N5O3S. The number of nitrogens with zero attached hydrogens (tertiary/aromatic N) is 5. The molecule has 20 heavy (non-hydrogen) atoms. The molecule has 2 aromatic rings. The van der Waals surface area contributed by atoms with Gasteiger partial charge in [0.1, 0.15) is 5.82 Å². The standard InChI is InChI=1S/C11H15N5O3S/c1-7(2)10-13-14-11(20-5-9(17)18)16(10)4-3-8-12-6-19-15-8/h6-7H,3-5H2,1-2H3,(H,17,18). The van der Waals surface area contributed by atoms with Crippen LogP contribution in [-0.4, -0.2) is 41.7 Å². The van der Waals surface area contributed by atoms with Crippen LogP contribution < -0.4 is 0 Å². The molecule has 0 saturated heterocycles. The van der Waals surface area contributed by atoms with Crippen LogP contribution >= 0.6 is 11.8 Å². The quantitative estimate of drug-likeness (QED) is 0.760. The van der Waals surface area contributed by atoms with Crippen molar-refractivity contribution in [3.05, 3.63) is 18.0 Å². The van der Waals surface area contributed by atoms with Crippen molar-refractivity contribution < 1.29 is 14.4 Å². The molecule has 0 radical (unpaired) electrons. The molecule has 0 saturated carbocycles. The number of carboxylic acid groups (broad SMARTS) is 1. The van der Waals surface area contributed by atoms with Crippen molar-refractivity contribution in [2.24, 2.45) is 0 Å². The van der Waals surface area contributed by atoms with Crippen molar-refractivity contribution in [3.8, 4) is 0 Å². The van der Waals surface area contributed by atoms with Crippen LogP contribution in [0.5, 0.6) is 0 Å². The summed E-state index contributed by atoms with van der Waals surface area (Å²) >= 11 is 1.16. The zero-order valence-electron chi connectivity index (χ0n) is 11.2. The van der Waals surface area contributed by atoms with E-state index in [2.05, 4.69) is 24.9 Å². The second kappa shape index (κ2) is 6.51. The number of hydrogen-bond acceptors (Lipinski definition) is 7. The van der Waals surface area contributed by atoms with E-state index in [0.717, 1.165) is 17.6 Å². The van der Waals surface area contributed by atoms with Crippen LogP contribution in [0.25, 0.3) is 0 Å². The zero-order chi connectivity index (χ0) is 14.5. The Balaban J connectivity index is 2.13. The summed E-state index contributed by atoms with van der Waals surface area (Å²) in [6.07, 6.45) is 1.86. The first-order valence-corrected chi connectivity index (χ1v) is 7.09. The number of aromatic nitrogens is 5. The van der Waals surface area contributed by atoms with Gasteiger partial charge in [0.25, 0.3) is 0 Å². The fourth-order valence-corrected chi connectivity index (χ4v) is 2.38. The molecule has 108 valence electrons. The number of thioether (sulfide) groups is 1. The average Bonchev–Trinajstić information content (AvgIpc) is 3.03. The molecule has 0 atom stereocenters. The molecule has 1 N–H and O–H groups in total. The van der Waals surface area contributed by atoms with E-state index in [1.54, 1.807) is 0 Å². The molecule has 8 nitrogen and oxygen atoms in total. The highest BCUT2D eigenvalue weighted by molar-refractivity contribution is 7.99. The maximum Gasteiger partial charge on any atom is 0.313 e. The highest BCUT2D eigenvalue weighted by Gasteiger charge is 2.16. The Morgan fingerprint density at radius 3 is 2.90 bits per heavy atom. The molecule has 2 rings (SSSR count). The zero-order valence-corrected chi connectivity index (χ0v) is 12.0. The van der Waals surface area contributed by atoms with Gasteiger partial charge in [-0.25, -0.2) is 0 Å². The summed E-state index contributed by atoms with van der Waals surface area (Å²) in [5, 5.41) is 21.3. The van der Waals surface area contributed by atoms with E-state index in [0.29, 0.717) is 23.9 Å². The molecule has 0 unspecified atom stereocenters. The molecule has 9 heteroatoms. The Labute approximate surface area is 119 Å². The van der Waals surface area contributed by atoms with E-state index < -0.39 is 5.97 Å². The van der Waals surface area contributed by atoms with Gasteiger partial charge in [-0.2, -0.15) is 4.98 Å². The largest absolute Gasteiger partial charge is 0.481 e. The van der Waals surface area contributed by atoms with Gasteiger partial charge in [-0.3, -0.25) is 4.79 Å². The number of carbonyl (C=O) groups is 1. The van der Waals surface area contributed by atoms with E-state index in [1.807, 2.05) is 18.4 Å². The minimum absolute atomic E-state index is 0.0432. The van der Waals surface area contributed by atoms with Crippen molar-refractivity contribution in [2.75, 3.05) is 5.75 Å². The maximum absolute atomic E-state index is 10.7. The third-order valence-corrected chi connectivity index (χ3v) is 3.50. The summed E-state index contributed by atoms with van der Waals surface area (Å²) in [7, 11) is 0. The fraction of sp³-hybridized carbons (Fsp3) is 0.545. The minimum Gasteiger partial charge on any atom is -0.481 e. The molecule has 0 fully saturated rings. The summed E-state index contributed by atoms with van der Waals surface area (Å²) in [6, 6.07) is 0. The maximum atomic E-state index is 10.7. The van der Waals surface area contributed by atoms with Crippen molar-refractivity contribution in [2.45, 2.75) is 37.9 Å². The van der Waals surface area contributed by atoms with Gasteiger partial charge < -0.3 is 14.2 Å². The van der Waals surface area contributed by atoms with Crippen LogP contribution in [0, 0.1) is 0 Å². The van der Waals surface area contributed by atoms with Gasteiger partial charge in [-0.15, -0.1) is 10.2 Å². The lowest BCUT2D eigenvalue weighted by molar-refractivity contribution is -0.133. The summed E-state index contributed by atoms with van der Waals surface area (Å²) in [5.74, 6) is 0.697. The van der Waals surface area contributed by atoms with E-state index in [4.69, 9.17) is 5.11 Å². The molecule has 0 spiro atoms. The van der Waals surface area contributed by atoms with Crippen LogP contribution in [0.4, 0.5) is 0 Å². The van der Waals surface area contributed by atoms with Gasteiger partial charge in [0.2, 0.25) is 6.39 Å². The van der Waals surface area contributed by atoms with E-state index in [1.165, 1.54) is 6.39 Å². The Morgan fingerprint density at radius 2 is 2.30 bits per heavy atom. The number of rotatable bonds is 7. The molecule has 0 aliphatic carbocycles. The molecular weight excluding hydrogens is 282 g/mol. The first-order valence-electron chi connectivity index (χ1n) is 6.11. The van der Waals surface area contributed by atoms with Gasteiger partial charge in [-0.05, 0) is 0 Å². The molecule has 0 aliphatic rings. The van der Waals surface area contributed by atoms with Gasteiger partial charge in [-0.1, -0.05) is 30.8 Å². The first-order chi connectivity index (χ1) is 9.58. The molecule has 2 heterocycles. The fourth-order valence-electron chi connectivity index (χ4n) is 1.68. The smallest absolute Gasteiger partial charge is 0.313 e. The van der Waals surface area contributed by atoms with Gasteiger partial charge >= 0.3 is 5.97 Å². The highest BCUT2D eigenvalue weighted by Crippen LogP contribution is 2.21. The van der Waals surface area contributed by atoms with Crippen LogP contribution in [0.2, 0.25) is 0 Å². The second-order valence-corrected chi connectivity index (χ2v) is 5.37. The van der Waals surface area contributed by atoms with Crippen molar-refractivity contribution in [1.29, 1.82) is 0 Å². The van der Waals surface area contributed by atoms with E-state index in [9.17, 15) is 4.79 Å². The molecule has 0 amide bonds. The summed E-state index contributed by atoms with van der Waals surface area (Å²) in [4.78, 5) is 14.6. The minimum atomic E-state index is -0.881. The van der Waals surface area contributed by atoms with Gasteiger partial charge in [0.15, 0.2) is 11.0 Å². The normalized spacial score (nSPS) is 11.2. The van der Waals surface area contributed by atoms with Crippen molar-refractivity contribution in [3.63, 3.8) is 0 Å². The Hall–Kier alpha value is -1.90. The Kier molecular flexibility index (Phi) is 4.72. The molecule has 0 bridgehead atoms. The predicted molar refractivity (Wildman–Crippen MR) is 70.5 cm³/mol. The lowest BCUT2D eigenvalue weighted by atomic mass is 10.2. The summed E-state index contributed by atoms with van der Waals surface area (Å²) < 4.78 is 6.60. The average molecular weight is 297 g/mol. The molecule has 2 aromatic heterocycles. The third-order valence-electron chi connectivity index (χ3n) is 2.55. The Morgan fingerprint density at radius 1 is 1.50 bits per heavy atom. The Bertz CT molecular complexity index is 567. The van der Waals surface area contributed by atoms with E-state index in [-0.39, 0.29) is 11.7 Å². The lowest BCUT2D eigenvalue weighted by Crippen LogP contribution is -2.10. The number of hydrogen-bond donors (Lipinski definition) is 1. The molecule has 0 aliphatic heterocycles. The van der Waals surface area contributed by atoms with Crippen molar-refractivity contribution in [1.82, 2.24) is 24.9 Å². The predicted octanol–water partition coefficient (Wildman–Crippen LogP) is 1.20. The first kappa shape index (κ1) is 14.5. The topological polar surface area (TPSA) is 107 Å². The van der Waals surface area contributed by atoms with Gasteiger partial charge in [0, 0.05) is 18.9 Å². The van der Waals surface area contributed by atoms with Gasteiger partial charge in [0.05, 0.1) is 5.75 Å². The van der Waals surface area contributed by atoms with E-state index >= 15 is 0 Å². The van der Waals surface area contributed by atoms with Crippen molar-refractivity contribution >= 4 is 17.7 Å². The second-order valence-electron chi connectivity index (χ2n) is 4.43.